The van der Waals surface area contributed by atoms with Crippen LogP contribution in [0.25, 0.3) is 0 Å². The number of hydrogen-bond donors (Lipinski definition) is 1. The van der Waals surface area contributed by atoms with E-state index >= 15 is 0 Å². The first-order valence-electron chi connectivity index (χ1n) is 9.04. The summed E-state index contributed by atoms with van der Waals surface area (Å²) in [6.45, 7) is 3.98. The Bertz CT molecular complexity index is 757. The zero-order valence-corrected chi connectivity index (χ0v) is 16.2. The number of carbonyl (C=O) groups is 1. The molecular weight excluding hydrogens is 381 g/mol. The lowest BCUT2D eigenvalue weighted by Crippen LogP contribution is -2.45. The minimum Gasteiger partial charge on any atom is -0.353 e. The summed E-state index contributed by atoms with van der Waals surface area (Å²) < 4.78 is 66.0. The van der Waals surface area contributed by atoms with Crippen LogP contribution < -0.4 is 5.32 Å². The summed E-state index contributed by atoms with van der Waals surface area (Å²) in [5.74, 6) is -0.447. The molecular formula is C18H25F3N2O3S. The molecule has 0 aliphatic carbocycles. The number of nitrogens with zero attached hydrogens (tertiary/aromatic N) is 1. The molecule has 0 saturated carbocycles. The van der Waals surface area contributed by atoms with Crippen molar-refractivity contribution in [2.75, 3.05) is 13.1 Å². The highest BCUT2D eigenvalue weighted by Gasteiger charge is 2.40. The number of alkyl halides is 3. The molecule has 1 aromatic carbocycles. The molecule has 0 spiro atoms. The van der Waals surface area contributed by atoms with Crippen LogP contribution in [0.5, 0.6) is 0 Å². The van der Waals surface area contributed by atoms with E-state index in [2.05, 4.69) is 5.32 Å². The highest BCUT2D eigenvalue weighted by molar-refractivity contribution is 7.89. The second-order valence-corrected chi connectivity index (χ2v) is 8.78. The molecule has 0 aromatic heterocycles. The molecule has 1 aliphatic rings. The van der Waals surface area contributed by atoms with Gasteiger partial charge in [-0.2, -0.15) is 17.5 Å². The van der Waals surface area contributed by atoms with Gasteiger partial charge in [-0.25, -0.2) is 8.42 Å². The molecule has 2 rings (SSSR count). The number of piperidine rings is 1. The Hall–Kier alpha value is -1.61. The predicted molar refractivity (Wildman–Crippen MR) is 95.4 cm³/mol. The lowest BCUT2D eigenvalue weighted by Gasteiger charge is -2.31. The van der Waals surface area contributed by atoms with Gasteiger partial charge in [0.2, 0.25) is 15.9 Å². The SMILES string of the molecule is CCCC(C)NC(=O)C1CCN(S(=O)(=O)c2ccccc2C(F)(F)F)CC1. The van der Waals surface area contributed by atoms with Crippen molar-refractivity contribution >= 4 is 15.9 Å². The molecule has 5 nitrogen and oxygen atoms in total. The standard InChI is InChI=1S/C18H25F3N2O3S/c1-3-6-13(2)22-17(24)14-9-11-23(12-10-14)27(25,26)16-8-5-4-7-15(16)18(19,20)21/h4-5,7-8,13-14H,3,6,9-12H2,1-2H3,(H,22,24). The summed E-state index contributed by atoms with van der Waals surface area (Å²) in [6.07, 6.45) is -2.38. The fraction of sp³-hybridized carbons (Fsp3) is 0.611. The van der Waals surface area contributed by atoms with Crippen molar-refractivity contribution in [2.24, 2.45) is 5.92 Å². The van der Waals surface area contributed by atoms with Gasteiger partial charge >= 0.3 is 6.18 Å². The Morgan fingerprint density at radius 2 is 1.85 bits per heavy atom. The third-order valence-electron chi connectivity index (χ3n) is 4.75. The van der Waals surface area contributed by atoms with Gasteiger partial charge in [-0.05, 0) is 38.3 Å². The number of halogens is 3. The molecule has 1 unspecified atom stereocenters. The molecule has 0 bridgehead atoms. The topological polar surface area (TPSA) is 66.5 Å². The van der Waals surface area contributed by atoms with E-state index in [1.165, 1.54) is 6.07 Å². The zero-order chi connectivity index (χ0) is 20.2. The Balaban J connectivity index is 2.09. The minimum absolute atomic E-state index is 0.0226. The second-order valence-electron chi connectivity index (χ2n) is 6.87. The number of carbonyl (C=O) groups excluding carboxylic acids is 1. The number of amides is 1. The van der Waals surface area contributed by atoms with Gasteiger partial charge in [-0.3, -0.25) is 4.79 Å². The summed E-state index contributed by atoms with van der Waals surface area (Å²) in [6, 6.07) is 4.22. The van der Waals surface area contributed by atoms with Crippen LogP contribution in [0.1, 0.15) is 45.1 Å². The first kappa shape index (κ1) is 21.7. The molecule has 27 heavy (non-hydrogen) atoms. The Morgan fingerprint density at radius 3 is 2.41 bits per heavy atom. The third kappa shape index (κ3) is 5.22. The van der Waals surface area contributed by atoms with Crippen molar-refractivity contribution < 1.29 is 26.4 Å². The highest BCUT2D eigenvalue weighted by atomic mass is 32.2. The quantitative estimate of drug-likeness (QED) is 0.787. The lowest BCUT2D eigenvalue weighted by atomic mass is 9.96. The van der Waals surface area contributed by atoms with Gasteiger partial charge in [0.25, 0.3) is 0 Å². The van der Waals surface area contributed by atoms with Crippen LogP contribution in [0.15, 0.2) is 29.2 Å². The molecule has 1 atom stereocenters. The number of sulfonamides is 1. The van der Waals surface area contributed by atoms with Crippen molar-refractivity contribution in [3.63, 3.8) is 0 Å². The van der Waals surface area contributed by atoms with Crippen LogP contribution in [-0.2, 0) is 21.0 Å². The van der Waals surface area contributed by atoms with Gasteiger partial charge in [-0.15, -0.1) is 0 Å². The largest absolute Gasteiger partial charge is 0.417 e. The van der Waals surface area contributed by atoms with Gasteiger partial charge < -0.3 is 5.32 Å². The number of benzene rings is 1. The average Bonchev–Trinajstić information content (AvgIpc) is 2.61. The van der Waals surface area contributed by atoms with E-state index in [-0.39, 0.29) is 43.8 Å². The molecule has 0 radical (unpaired) electrons. The third-order valence-corrected chi connectivity index (χ3v) is 6.70. The summed E-state index contributed by atoms with van der Waals surface area (Å²) in [4.78, 5) is 11.5. The van der Waals surface area contributed by atoms with Crippen LogP contribution in [0, 0.1) is 5.92 Å². The summed E-state index contributed by atoms with van der Waals surface area (Å²) >= 11 is 0. The summed E-state index contributed by atoms with van der Waals surface area (Å²) in [5.41, 5.74) is -1.17. The van der Waals surface area contributed by atoms with Crippen LogP contribution >= 0.6 is 0 Å². The maximum Gasteiger partial charge on any atom is 0.417 e. The van der Waals surface area contributed by atoms with Crippen molar-refractivity contribution in [2.45, 2.75) is 56.6 Å². The number of rotatable bonds is 6. The maximum absolute atomic E-state index is 13.2. The Labute approximate surface area is 158 Å². The van der Waals surface area contributed by atoms with Gasteiger partial charge in [0, 0.05) is 25.0 Å². The predicted octanol–water partition coefficient (Wildman–Crippen LogP) is 3.41. The fourth-order valence-electron chi connectivity index (χ4n) is 3.29. The van der Waals surface area contributed by atoms with E-state index in [1.807, 2.05) is 13.8 Å². The second kappa shape index (κ2) is 8.60. The molecule has 1 amide bonds. The van der Waals surface area contributed by atoms with Crippen molar-refractivity contribution in [3.05, 3.63) is 29.8 Å². The zero-order valence-electron chi connectivity index (χ0n) is 15.4. The highest BCUT2D eigenvalue weighted by Crippen LogP contribution is 2.36. The molecule has 152 valence electrons. The molecule has 1 aromatic rings. The van der Waals surface area contributed by atoms with E-state index in [4.69, 9.17) is 0 Å². The van der Waals surface area contributed by atoms with Crippen LogP contribution in [0.2, 0.25) is 0 Å². The van der Waals surface area contributed by atoms with Crippen molar-refractivity contribution in [1.29, 1.82) is 0 Å². The average molecular weight is 406 g/mol. The normalized spacial score (nSPS) is 18.3. The number of nitrogens with one attached hydrogen (secondary N) is 1. The Kier molecular flexibility index (Phi) is 6.91. The molecule has 1 aliphatic heterocycles. The lowest BCUT2D eigenvalue weighted by molar-refractivity contribution is -0.139. The molecule has 1 N–H and O–H groups in total. The number of hydrogen-bond acceptors (Lipinski definition) is 3. The van der Waals surface area contributed by atoms with Crippen molar-refractivity contribution in [3.8, 4) is 0 Å². The van der Waals surface area contributed by atoms with Gasteiger partial charge in [0.1, 0.15) is 0 Å². The van der Waals surface area contributed by atoms with Gasteiger partial charge in [-0.1, -0.05) is 25.5 Å². The summed E-state index contributed by atoms with van der Waals surface area (Å²) in [5, 5.41) is 2.91. The van der Waals surface area contributed by atoms with Crippen LogP contribution in [0.3, 0.4) is 0 Å². The first-order chi connectivity index (χ1) is 12.6. The van der Waals surface area contributed by atoms with Crippen molar-refractivity contribution in [1.82, 2.24) is 9.62 Å². The fourth-order valence-corrected chi connectivity index (χ4v) is 4.97. The van der Waals surface area contributed by atoms with Gasteiger partial charge in [0.05, 0.1) is 10.5 Å². The molecule has 1 fully saturated rings. The molecule has 1 heterocycles. The maximum atomic E-state index is 13.2. The van der Waals surface area contributed by atoms with E-state index in [0.717, 1.165) is 35.3 Å². The molecule has 9 heteroatoms. The van der Waals surface area contributed by atoms with E-state index < -0.39 is 26.7 Å². The first-order valence-corrected chi connectivity index (χ1v) is 10.5. The van der Waals surface area contributed by atoms with E-state index in [9.17, 15) is 26.4 Å². The summed E-state index contributed by atoms with van der Waals surface area (Å²) in [7, 11) is -4.28. The van der Waals surface area contributed by atoms with Crippen LogP contribution in [-0.4, -0.2) is 37.8 Å². The smallest absolute Gasteiger partial charge is 0.353 e. The Morgan fingerprint density at radius 1 is 1.26 bits per heavy atom. The van der Waals surface area contributed by atoms with Crippen LogP contribution in [0.4, 0.5) is 13.2 Å². The monoisotopic (exact) mass is 406 g/mol. The minimum atomic E-state index is -4.75. The molecule has 1 saturated heterocycles. The van der Waals surface area contributed by atoms with E-state index in [0.29, 0.717) is 0 Å². The van der Waals surface area contributed by atoms with E-state index in [1.54, 1.807) is 0 Å². The van der Waals surface area contributed by atoms with Gasteiger partial charge in [0.15, 0.2) is 0 Å².